The first-order valence-corrected chi connectivity index (χ1v) is 9.07. The number of hydrogen-bond acceptors (Lipinski definition) is 6. The monoisotopic (exact) mass is 364 g/mol. The summed E-state index contributed by atoms with van der Waals surface area (Å²) in [4.78, 5) is 4.91. The Balaban J connectivity index is 1.90. The number of piperazine rings is 1. The lowest BCUT2D eigenvalue weighted by Crippen LogP contribution is -2.48. The largest absolute Gasteiger partial charge is 0.383 e. The highest BCUT2D eigenvalue weighted by molar-refractivity contribution is 6.30. The highest BCUT2D eigenvalue weighted by Gasteiger charge is 2.30. The predicted octanol–water partition coefficient (Wildman–Crippen LogP) is 1.70. The van der Waals surface area contributed by atoms with E-state index in [0.29, 0.717) is 13.2 Å². The van der Waals surface area contributed by atoms with E-state index in [2.05, 4.69) is 44.4 Å². The number of rotatable bonds is 7. The van der Waals surface area contributed by atoms with Gasteiger partial charge in [-0.3, -0.25) is 4.90 Å². The highest BCUT2D eigenvalue weighted by atomic mass is 35.5. The van der Waals surface area contributed by atoms with Gasteiger partial charge < -0.3 is 9.64 Å². The van der Waals surface area contributed by atoms with Gasteiger partial charge in [0.25, 0.3) is 0 Å². The van der Waals surface area contributed by atoms with Crippen LogP contribution >= 0.6 is 11.6 Å². The summed E-state index contributed by atoms with van der Waals surface area (Å²) in [6, 6.07) is 8.00. The number of aromatic nitrogens is 4. The number of methoxy groups -OCH3 is 1. The summed E-state index contributed by atoms with van der Waals surface area (Å²) < 4.78 is 7.03. The smallest absolute Gasteiger partial charge is 0.173 e. The number of tetrazole rings is 1. The van der Waals surface area contributed by atoms with Crippen molar-refractivity contribution in [1.29, 1.82) is 0 Å². The molecular formula is C17H25ClN6O. The first-order chi connectivity index (χ1) is 12.2. The molecule has 1 aliphatic rings. The second-order valence-electron chi connectivity index (χ2n) is 6.18. The zero-order valence-electron chi connectivity index (χ0n) is 14.8. The number of benzene rings is 1. The van der Waals surface area contributed by atoms with Gasteiger partial charge in [0.15, 0.2) is 5.82 Å². The van der Waals surface area contributed by atoms with Crippen LogP contribution in [0.5, 0.6) is 0 Å². The molecule has 1 aromatic heterocycles. The van der Waals surface area contributed by atoms with E-state index >= 15 is 0 Å². The summed E-state index contributed by atoms with van der Waals surface area (Å²) in [5.74, 6) is 0.851. The van der Waals surface area contributed by atoms with Gasteiger partial charge >= 0.3 is 0 Å². The van der Waals surface area contributed by atoms with E-state index in [0.717, 1.165) is 49.1 Å². The van der Waals surface area contributed by atoms with Gasteiger partial charge in [0, 0.05) is 38.3 Å². The lowest BCUT2D eigenvalue weighted by atomic mass is 10.0. The van der Waals surface area contributed by atoms with E-state index in [9.17, 15) is 0 Å². The highest BCUT2D eigenvalue weighted by Crippen LogP contribution is 2.29. The van der Waals surface area contributed by atoms with Gasteiger partial charge in [0.05, 0.1) is 19.2 Å². The van der Waals surface area contributed by atoms with Crippen LogP contribution in [0.15, 0.2) is 24.3 Å². The van der Waals surface area contributed by atoms with E-state index in [-0.39, 0.29) is 6.04 Å². The fraction of sp³-hybridized carbons (Fsp3) is 0.588. The first kappa shape index (κ1) is 18.3. The van der Waals surface area contributed by atoms with Gasteiger partial charge in [-0.05, 0) is 34.7 Å². The standard InChI is InChI=1S/C17H25ClN6O/c1-3-22-8-10-23(11-9-22)16(14-4-6-15(18)7-5-14)17-19-20-21-24(17)12-13-25-2/h4-7,16H,3,8-13H2,1-2H3. The van der Waals surface area contributed by atoms with E-state index in [1.165, 1.54) is 0 Å². The van der Waals surface area contributed by atoms with Crippen molar-refractivity contribution in [1.82, 2.24) is 30.0 Å². The average Bonchev–Trinajstić information content (AvgIpc) is 3.10. The Hall–Kier alpha value is -1.54. The first-order valence-electron chi connectivity index (χ1n) is 8.69. The van der Waals surface area contributed by atoms with E-state index in [1.54, 1.807) is 7.11 Å². The van der Waals surface area contributed by atoms with Crippen LogP contribution < -0.4 is 0 Å². The van der Waals surface area contributed by atoms with Gasteiger partial charge in [-0.1, -0.05) is 30.7 Å². The van der Waals surface area contributed by atoms with Crippen molar-refractivity contribution in [3.63, 3.8) is 0 Å². The summed E-state index contributed by atoms with van der Waals surface area (Å²) >= 11 is 6.08. The van der Waals surface area contributed by atoms with Crippen LogP contribution in [0.4, 0.5) is 0 Å². The molecule has 8 heteroatoms. The Morgan fingerprint density at radius 1 is 1.16 bits per heavy atom. The molecule has 0 aliphatic carbocycles. The fourth-order valence-corrected chi connectivity index (χ4v) is 3.38. The molecule has 0 bridgehead atoms. The zero-order chi connectivity index (χ0) is 17.6. The van der Waals surface area contributed by atoms with Crippen molar-refractivity contribution in [2.75, 3.05) is 46.4 Å². The number of hydrogen-bond donors (Lipinski definition) is 0. The quantitative estimate of drug-likeness (QED) is 0.745. The second kappa shape index (κ2) is 8.71. The molecule has 0 spiro atoms. The molecule has 1 atom stereocenters. The molecule has 136 valence electrons. The summed E-state index contributed by atoms with van der Waals surface area (Å²) in [6.07, 6.45) is 0. The maximum absolute atomic E-state index is 6.08. The van der Waals surface area contributed by atoms with E-state index in [1.807, 2.05) is 16.8 Å². The number of likely N-dealkylation sites (N-methyl/N-ethyl adjacent to an activating group) is 1. The number of nitrogens with zero attached hydrogens (tertiary/aromatic N) is 6. The molecule has 25 heavy (non-hydrogen) atoms. The van der Waals surface area contributed by atoms with Crippen molar-refractivity contribution < 1.29 is 4.74 Å². The second-order valence-corrected chi connectivity index (χ2v) is 6.61. The molecule has 0 N–H and O–H groups in total. The third kappa shape index (κ3) is 4.36. The number of halogens is 1. The van der Waals surface area contributed by atoms with Crippen LogP contribution in [0.1, 0.15) is 24.4 Å². The normalized spacial score (nSPS) is 17.7. The molecule has 7 nitrogen and oxygen atoms in total. The molecule has 2 aromatic rings. The Kier molecular flexibility index (Phi) is 6.36. The minimum atomic E-state index is 0.0168. The predicted molar refractivity (Wildman–Crippen MR) is 96.7 cm³/mol. The molecule has 1 saturated heterocycles. The molecule has 3 rings (SSSR count). The lowest BCUT2D eigenvalue weighted by Gasteiger charge is -2.38. The lowest BCUT2D eigenvalue weighted by molar-refractivity contribution is 0.107. The number of ether oxygens (including phenoxy) is 1. The van der Waals surface area contributed by atoms with Crippen molar-refractivity contribution in [3.8, 4) is 0 Å². The Morgan fingerprint density at radius 3 is 2.52 bits per heavy atom. The van der Waals surface area contributed by atoms with Crippen LogP contribution in [0, 0.1) is 0 Å². The van der Waals surface area contributed by atoms with Gasteiger partial charge in [-0.15, -0.1) is 5.10 Å². The van der Waals surface area contributed by atoms with Crippen molar-refractivity contribution in [2.45, 2.75) is 19.5 Å². The molecule has 0 saturated carbocycles. The van der Waals surface area contributed by atoms with Gasteiger partial charge in [-0.25, -0.2) is 4.68 Å². The maximum atomic E-state index is 6.08. The summed E-state index contributed by atoms with van der Waals surface area (Å²) in [7, 11) is 1.69. The molecule has 0 radical (unpaired) electrons. The molecular weight excluding hydrogens is 340 g/mol. The zero-order valence-corrected chi connectivity index (χ0v) is 15.6. The van der Waals surface area contributed by atoms with Gasteiger partial charge in [0.1, 0.15) is 0 Å². The van der Waals surface area contributed by atoms with E-state index < -0.39 is 0 Å². The van der Waals surface area contributed by atoms with Crippen LogP contribution in [0.2, 0.25) is 5.02 Å². The maximum Gasteiger partial charge on any atom is 0.173 e. The summed E-state index contributed by atoms with van der Waals surface area (Å²) in [5.41, 5.74) is 1.16. The molecule has 1 aromatic carbocycles. The molecule has 2 heterocycles. The minimum absolute atomic E-state index is 0.0168. The van der Waals surface area contributed by atoms with Crippen LogP contribution in [-0.4, -0.2) is 76.4 Å². The Labute approximate surface area is 153 Å². The Morgan fingerprint density at radius 2 is 1.88 bits per heavy atom. The van der Waals surface area contributed by atoms with Crippen LogP contribution in [-0.2, 0) is 11.3 Å². The van der Waals surface area contributed by atoms with Crippen LogP contribution in [0.25, 0.3) is 0 Å². The summed E-state index contributed by atoms with van der Waals surface area (Å²) in [6.45, 7) is 8.59. The van der Waals surface area contributed by atoms with Gasteiger partial charge in [0.2, 0.25) is 0 Å². The topological polar surface area (TPSA) is 59.3 Å². The van der Waals surface area contributed by atoms with Crippen molar-refractivity contribution in [2.24, 2.45) is 0 Å². The summed E-state index contributed by atoms with van der Waals surface area (Å²) in [5, 5.41) is 13.1. The average molecular weight is 365 g/mol. The van der Waals surface area contributed by atoms with Gasteiger partial charge in [-0.2, -0.15) is 0 Å². The molecule has 1 aliphatic heterocycles. The third-order valence-electron chi connectivity index (χ3n) is 4.72. The van der Waals surface area contributed by atoms with Crippen molar-refractivity contribution >= 4 is 11.6 Å². The molecule has 0 amide bonds. The minimum Gasteiger partial charge on any atom is -0.383 e. The SMILES string of the molecule is CCN1CCN(C(c2ccc(Cl)cc2)c2nnnn2CCOC)CC1. The fourth-order valence-electron chi connectivity index (χ4n) is 3.25. The Bertz CT molecular complexity index is 653. The molecule has 1 unspecified atom stereocenters. The molecule has 1 fully saturated rings. The van der Waals surface area contributed by atoms with Crippen LogP contribution in [0.3, 0.4) is 0 Å². The third-order valence-corrected chi connectivity index (χ3v) is 4.97. The van der Waals surface area contributed by atoms with Crippen molar-refractivity contribution in [3.05, 3.63) is 40.7 Å². The van der Waals surface area contributed by atoms with E-state index in [4.69, 9.17) is 16.3 Å².